The number of carbonyl (C=O) groups is 2. The van der Waals surface area contributed by atoms with Crippen molar-refractivity contribution in [2.24, 2.45) is 11.8 Å². The first-order valence-corrected chi connectivity index (χ1v) is 6.77. The van der Waals surface area contributed by atoms with Gasteiger partial charge in [0.25, 0.3) is 0 Å². The second-order valence-corrected chi connectivity index (χ2v) is 5.28. The van der Waals surface area contributed by atoms with Gasteiger partial charge in [0.2, 0.25) is 5.91 Å². The summed E-state index contributed by atoms with van der Waals surface area (Å²) in [6, 6.07) is 0.239. The van der Waals surface area contributed by atoms with Crippen molar-refractivity contribution in [1.82, 2.24) is 5.32 Å². The number of ether oxygens (including phenoxy) is 1. The fraction of sp³-hybridized carbons (Fsp3) is 0.846. The Labute approximate surface area is 107 Å². The van der Waals surface area contributed by atoms with Gasteiger partial charge in [-0.15, -0.1) is 0 Å². The molecule has 0 bridgehead atoms. The van der Waals surface area contributed by atoms with Crippen LogP contribution < -0.4 is 5.32 Å². The standard InChI is InChI=1S/C13H21NO4/c15-12(14-11-5-7-18-8-6-11)9-1-3-10(4-2-9)13(16)17/h9-11H,1-8H2,(H,14,15)(H,16,17). The molecule has 102 valence electrons. The van der Waals surface area contributed by atoms with Crippen molar-refractivity contribution in [2.45, 2.75) is 44.6 Å². The summed E-state index contributed by atoms with van der Waals surface area (Å²) in [6.07, 6.45) is 4.42. The first kappa shape index (κ1) is 13.3. The normalized spacial score (nSPS) is 29.8. The number of carbonyl (C=O) groups excluding carboxylic acids is 1. The molecule has 18 heavy (non-hydrogen) atoms. The highest BCUT2D eigenvalue weighted by Crippen LogP contribution is 2.29. The molecular weight excluding hydrogens is 234 g/mol. The van der Waals surface area contributed by atoms with Crippen molar-refractivity contribution in [1.29, 1.82) is 0 Å². The molecular formula is C13H21NO4. The summed E-state index contributed by atoms with van der Waals surface area (Å²) in [7, 11) is 0. The van der Waals surface area contributed by atoms with E-state index < -0.39 is 5.97 Å². The molecule has 0 unspecified atom stereocenters. The summed E-state index contributed by atoms with van der Waals surface area (Å²) in [5, 5.41) is 12.0. The predicted molar refractivity (Wildman–Crippen MR) is 65.1 cm³/mol. The zero-order valence-corrected chi connectivity index (χ0v) is 10.6. The smallest absolute Gasteiger partial charge is 0.306 e. The van der Waals surface area contributed by atoms with Crippen molar-refractivity contribution < 1.29 is 19.4 Å². The van der Waals surface area contributed by atoms with Gasteiger partial charge in [-0.2, -0.15) is 0 Å². The molecule has 1 saturated heterocycles. The molecule has 5 nitrogen and oxygen atoms in total. The average molecular weight is 255 g/mol. The SMILES string of the molecule is O=C(O)C1CCC(C(=O)NC2CCOCC2)CC1. The van der Waals surface area contributed by atoms with E-state index in [0.717, 1.165) is 26.1 Å². The molecule has 2 N–H and O–H groups in total. The molecule has 0 aromatic rings. The van der Waals surface area contributed by atoms with Crippen LogP contribution in [-0.2, 0) is 14.3 Å². The minimum atomic E-state index is -0.724. The quantitative estimate of drug-likeness (QED) is 0.794. The minimum absolute atomic E-state index is 0.00319. The Morgan fingerprint density at radius 1 is 0.944 bits per heavy atom. The van der Waals surface area contributed by atoms with Gasteiger partial charge < -0.3 is 15.2 Å². The molecule has 0 spiro atoms. The summed E-state index contributed by atoms with van der Waals surface area (Å²) < 4.78 is 5.25. The van der Waals surface area contributed by atoms with Crippen molar-refractivity contribution in [3.05, 3.63) is 0 Å². The lowest BCUT2D eigenvalue weighted by atomic mass is 9.81. The van der Waals surface area contributed by atoms with E-state index >= 15 is 0 Å². The third kappa shape index (κ3) is 3.45. The van der Waals surface area contributed by atoms with E-state index in [9.17, 15) is 9.59 Å². The summed E-state index contributed by atoms with van der Waals surface area (Å²) in [5.41, 5.74) is 0. The predicted octanol–water partition coefficient (Wildman–Crippen LogP) is 1.17. The van der Waals surface area contributed by atoms with E-state index in [2.05, 4.69) is 5.32 Å². The molecule has 0 aromatic heterocycles. The summed E-state index contributed by atoms with van der Waals surface area (Å²) in [6.45, 7) is 1.44. The van der Waals surface area contributed by atoms with Crippen LogP contribution in [0.25, 0.3) is 0 Å². The van der Waals surface area contributed by atoms with Crippen LogP contribution in [0.2, 0.25) is 0 Å². The van der Waals surface area contributed by atoms with Crippen LogP contribution >= 0.6 is 0 Å². The highest BCUT2D eigenvalue weighted by atomic mass is 16.5. The molecule has 0 aromatic carbocycles. The monoisotopic (exact) mass is 255 g/mol. The van der Waals surface area contributed by atoms with E-state index in [1.54, 1.807) is 0 Å². The molecule has 2 aliphatic rings. The molecule has 0 atom stereocenters. The number of carboxylic acids is 1. The summed E-state index contributed by atoms with van der Waals surface area (Å²) in [4.78, 5) is 22.9. The van der Waals surface area contributed by atoms with Crippen molar-refractivity contribution >= 4 is 11.9 Å². The summed E-state index contributed by atoms with van der Waals surface area (Å²) >= 11 is 0. The van der Waals surface area contributed by atoms with Gasteiger partial charge in [0.15, 0.2) is 0 Å². The number of hydrogen-bond donors (Lipinski definition) is 2. The maximum atomic E-state index is 12.0. The molecule has 2 rings (SSSR count). The Hall–Kier alpha value is -1.10. The lowest BCUT2D eigenvalue weighted by Crippen LogP contribution is -2.43. The number of rotatable bonds is 3. The Morgan fingerprint density at radius 2 is 1.50 bits per heavy atom. The van der Waals surface area contributed by atoms with Gasteiger partial charge in [-0.1, -0.05) is 0 Å². The van der Waals surface area contributed by atoms with E-state index in [1.165, 1.54) is 0 Å². The van der Waals surface area contributed by atoms with Crippen LogP contribution in [0.3, 0.4) is 0 Å². The lowest BCUT2D eigenvalue weighted by Gasteiger charge is -2.29. The second-order valence-electron chi connectivity index (χ2n) is 5.28. The van der Waals surface area contributed by atoms with Crippen LogP contribution in [0, 0.1) is 11.8 Å². The number of nitrogens with one attached hydrogen (secondary N) is 1. The van der Waals surface area contributed by atoms with Gasteiger partial charge >= 0.3 is 5.97 Å². The zero-order valence-electron chi connectivity index (χ0n) is 10.6. The fourth-order valence-corrected chi connectivity index (χ4v) is 2.76. The van der Waals surface area contributed by atoms with Gasteiger partial charge in [-0.25, -0.2) is 0 Å². The van der Waals surface area contributed by atoms with Gasteiger partial charge in [0.1, 0.15) is 0 Å². The first-order valence-electron chi connectivity index (χ1n) is 6.77. The maximum Gasteiger partial charge on any atom is 0.306 e. The third-order valence-electron chi connectivity index (χ3n) is 4.01. The second kappa shape index (κ2) is 6.18. The Balaban J connectivity index is 1.75. The van der Waals surface area contributed by atoms with Crippen molar-refractivity contribution in [2.75, 3.05) is 13.2 Å². The minimum Gasteiger partial charge on any atom is -0.481 e. The van der Waals surface area contributed by atoms with E-state index in [1.807, 2.05) is 0 Å². The molecule has 1 saturated carbocycles. The highest BCUT2D eigenvalue weighted by Gasteiger charge is 2.30. The van der Waals surface area contributed by atoms with Crippen LogP contribution in [0.5, 0.6) is 0 Å². The summed E-state index contributed by atoms with van der Waals surface area (Å²) in [5.74, 6) is -0.871. The molecule has 1 aliphatic heterocycles. The molecule has 5 heteroatoms. The van der Waals surface area contributed by atoms with Crippen LogP contribution in [-0.4, -0.2) is 36.2 Å². The Morgan fingerprint density at radius 3 is 2.06 bits per heavy atom. The van der Waals surface area contributed by atoms with Crippen LogP contribution in [0.1, 0.15) is 38.5 Å². The van der Waals surface area contributed by atoms with Gasteiger partial charge in [-0.05, 0) is 38.5 Å². The number of carboxylic acid groups (broad SMARTS) is 1. The van der Waals surface area contributed by atoms with Gasteiger partial charge in [0.05, 0.1) is 5.92 Å². The molecule has 2 fully saturated rings. The average Bonchev–Trinajstić information content (AvgIpc) is 2.40. The molecule has 1 aliphatic carbocycles. The Kier molecular flexibility index (Phi) is 4.58. The lowest BCUT2D eigenvalue weighted by molar-refractivity contribution is -0.144. The van der Waals surface area contributed by atoms with E-state index in [0.29, 0.717) is 25.7 Å². The Bertz CT molecular complexity index is 304. The van der Waals surface area contributed by atoms with Crippen molar-refractivity contribution in [3.63, 3.8) is 0 Å². The van der Waals surface area contributed by atoms with E-state index in [4.69, 9.17) is 9.84 Å². The maximum absolute atomic E-state index is 12.0. The topological polar surface area (TPSA) is 75.6 Å². The molecule has 1 heterocycles. The largest absolute Gasteiger partial charge is 0.481 e. The number of hydrogen-bond acceptors (Lipinski definition) is 3. The van der Waals surface area contributed by atoms with Gasteiger partial charge in [-0.3, -0.25) is 9.59 Å². The van der Waals surface area contributed by atoms with Gasteiger partial charge in [0, 0.05) is 25.2 Å². The third-order valence-corrected chi connectivity index (χ3v) is 4.01. The number of amides is 1. The van der Waals surface area contributed by atoms with Crippen molar-refractivity contribution in [3.8, 4) is 0 Å². The highest BCUT2D eigenvalue weighted by molar-refractivity contribution is 5.79. The zero-order chi connectivity index (χ0) is 13.0. The van der Waals surface area contributed by atoms with Crippen LogP contribution in [0.4, 0.5) is 0 Å². The molecule has 1 amide bonds. The fourth-order valence-electron chi connectivity index (χ4n) is 2.76. The first-order chi connectivity index (χ1) is 8.66. The van der Waals surface area contributed by atoms with E-state index in [-0.39, 0.29) is 23.8 Å². The van der Waals surface area contributed by atoms with Crippen LogP contribution in [0.15, 0.2) is 0 Å². The number of aliphatic carboxylic acids is 1. The molecule has 0 radical (unpaired) electrons.